The van der Waals surface area contributed by atoms with Gasteiger partial charge in [0, 0.05) is 38.8 Å². The summed E-state index contributed by atoms with van der Waals surface area (Å²) in [6.45, 7) is 5.48. The molecular formula is C24H42IN5O2. The third-order valence-corrected chi connectivity index (χ3v) is 6.86. The highest BCUT2D eigenvalue weighted by Crippen LogP contribution is 2.33. The first-order valence-corrected chi connectivity index (χ1v) is 11.7. The normalized spacial score (nSPS) is 20.3. The van der Waals surface area contributed by atoms with E-state index in [0.29, 0.717) is 0 Å². The number of hydrogen-bond acceptors (Lipinski definition) is 5. The van der Waals surface area contributed by atoms with Crippen LogP contribution in [0.3, 0.4) is 0 Å². The number of likely N-dealkylation sites (N-methyl/N-ethyl adjacent to an activating group) is 1. The zero-order valence-corrected chi connectivity index (χ0v) is 22.6. The number of halogens is 1. The van der Waals surface area contributed by atoms with E-state index in [0.717, 1.165) is 51.1 Å². The number of nitrogens with zero attached hydrogens (tertiary/aromatic N) is 3. The van der Waals surface area contributed by atoms with Gasteiger partial charge in [-0.25, -0.2) is 0 Å². The van der Waals surface area contributed by atoms with Crippen LogP contribution in [0.4, 0.5) is 0 Å². The fourth-order valence-corrected chi connectivity index (χ4v) is 4.94. The number of benzene rings is 1. The van der Waals surface area contributed by atoms with E-state index in [2.05, 4.69) is 51.7 Å². The molecule has 1 atom stereocenters. The van der Waals surface area contributed by atoms with Crippen molar-refractivity contribution in [2.75, 3.05) is 67.6 Å². The fraction of sp³-hybridized carbons (Fsp3) is 0.708. The number of nitrogens with one attached hydrogen (secondary N) is 2. The molecule has 2 N–H and O–H groups in total. The Morgan fingerprint density at radius 2 is 1.78 bits per heavy atom. The van der Waals surface area contributed by atoms with Gasteiger partial charge in [0.2, 0.25) is 0 Å². The minimum Gasteiger partial charge on any atom is -0.497 e. The quantitative estimate of drug-likeness (QED) is 0.290. The Hall–Kier alpha value is -1.10. The van der Waals surface area contributed by atoms with Crippen LogP contribution in [0.1, 0.15) is 43.7 Å². The fourth-order valence-electron chi connectivity index (χ4n) is 4.94. The van der Waals surface area contributed by atoms with Gasteiger partial charge in [0.25, 0.3) is 0 Å². The monoisotopic (exact) mass is 559 g/mol. The van der Waals surface area contributed by atoms with Crippen molar-refractivity contribution in [1.29, 1.82) is 0 Å². The van der Waals surface area contributed by atoms with Crippen molar-refractivity contribution in [3.63, 3.8) is 0 Å². The van der Waals surface area contributed by atoms with Crippen LogP contribution in [0.2, 0.25) is 0 Å². The van der Waals surface area contributed by atoms with Crippen LogP contribution in [0, 0.1) is 0 Å². The van der Waals surface area contributed by atoms with Crippen molar-refractivity contribution in [3.8, 4) is 5.75 Å². The van der Waals surface area contributed by atoms with Crippen LogP contribution in [0.25, 0.3) is 0 Å². The molecule has 0 amide bonds. The lowest BCUT2D eigenvalue weighted by molar-refractivity contribution is -0.0352. The minimum atomic E-state index is 0. The van der Waals surface area contributed by atoms with E-state index in [1.807, 2.05) is 19.2 Å². The summed E-state index contributed by atoms with van der Waals surface area (Å²) in [5.74, 6) is 1.76. The molecule has 0 radical (unpaired) electrons. The lowest BCUT2D eigenvalue weighted by Gasteiger charge is -2.48. The zero-order valence-electron chi connectivity index (χ0n) is 20.2. The highest BCUT2D eigenvalue weighted by molar-refractivity contribution is 14.0. The molecular weight excluding hydrogens is 517 g/mol. The number of ether oxygens (including phenoxy) is 2. The average molecular weight is 560 g/mol. The third kappa shape index (κ3) is 7.20. The molecule has 1 saturated heterocycles. The van der Waals surface area contributed by atoms with Crippen LogP contribution in [-0.4, -0.2) is 88.9 Å². The van der Waals surface area contributed by atoms with E-state index in [1.165, 1.54) is 37.7 Å². The standard InChI is InChI=1S/C24H41N5O2.HI/c1-25-23(26-18-22(28(2)3)20-8-10-21(30-4)11-9-20)27-19-24(12-6-5-7-13-24)29-14-16-31-17-15-29;/h8-11,22H,5-7,12-19H2,1-4H3,(H2,25,26,27);1H. The zero-order chi connectivity index (χ0) is 22.1. The van der Waals surface area contributed by atoms with Crippen LogP contribution < -0.4 is 15.4 Å². The molecule has 182 valence electrons. The van der Waals surface area contributed by atoms with Gasteiger partial charge in [0.15, 0.2) is 5.96 Å². The molecule has 1 saturated carbocycles. The summed E-state index contributed by atoms with van der Waals surface area (Å²) < 4.78 is 10.9. The smallest absolute Gasteiger partial charge is 0.191 e. The number of rotatable bonds is 8. The molecule has 0 bridgehead atoms. The van der Waals surface area contributed by atoms with Crippen LogP contribution >= 0.6 is 24.0 Å². The Kier molecular flexibility index (Phi) is 11.5. The highest BCUT2D eigenvalue weighted by atomic mass is 127. The third-order valence-electron chi connectivity index (χ3n) is 6.86. The lowest BCUT2D eigenvalue weighted by Crippen LogP contribution is -2.60. The van der Waals surface area contributed by atoms with Gasteiger partial charge in [-0.15, -0.1) is 24.0 Å². The molecule has 1 aromatic rings. The molecule has 2 aliphatic rings. The van der Waals surface area contributed by atoms with Gasteiger partial charge >= 0.3 is 0 Å². The molecule has 1 aliphatic carbocycles. The number of methoxy groups -OCH3 is 1. The lowest BCUT2D eigenvalue weighted by atomic mass is 9.80. The summed E-state index contributed by atoms with van der Waals surface area (Å²) in [5, 5.41) is 7.22. The summed E-state index contributed by atoms with van der Waals surface area (Å²) in [4.78, 5) is 9.41. The van der Waals surface area contributed by atoms with Gasteiger partial charge in [0.05, 0.1) is 26.4 Å². The summed E-state index contributed by atoms with van der Waals surface area (Å²) in [7, 11) is 7.78. The van der Waals surface area contributed by atoms with Crippen LogP contribution in [-0.2, 0) is 4.74 Å². The molecule has 3 rings (SSSR count). The minimum absolute atomic E-state index is 0. The number of morpholine rings is 1. The maximum atomic E-state index is 5.62. The second-order valence-corrected chi connectivity index (χ2v) is 8.94. The molecule has 1 heterocycles. The molecule has 0 spiro atoms. The second kappa shape index (κ2) is 13.6. The Morgan fingerprint density at radius 3 is 2.34 bits per heavy atom. The Balaban J connectivity index is 0.00000363. The summed E-state index contributed by atoms with van der Waals surface area (Å²) >= 11 is 0. The Bertz CT molecular complexity index is 686. The molecule has 8 heteroatoms. The first kappa shape index (κ1) is 27.1. The van der Waals surface area contributed by atoms with Crippen molar-refractivity contribution in [2.45, 2.75) is 43.7 Å². The van der Waals surface area contributed by atoms with Gasteiger partial charge in [-0.3, -0.25) is 9.89 Å². The number of hydrogen-bond donors (Lipinski definition) is 2. The van der Waals surface area contributed by atoms with Crippen molar-refractivity contribution < 1.29 is 9.47 Å². The summed E-state index contributed by atoms with van der Waals surface area (Å²) in [5.41, 5.74) is 1.47. The van der Waals surface area contributed by atoms with Gasteiger partial charge < -0.3 is 25.0 Å². The van der Waals surface area contributed by atoms with E-state index in [1.54, 1.807) is 7.11 Å². The summed E-state index contributed by atoms with van der Waals surface area (Å²) in [6.07, 6.45) is 6.48. The molecule has 2 fully saturated rings. The van der Waals surface area contributed by atoms with Gasteiger partial charge in [0.1, 0.15) is 5.75 Å². The molecule has 0 aromatic heterocycles. The predicted octanol–water partition coefficient (Wildman–Crippen LogP) is 3.12. The number of guanidine groups is 1. The predicted molar refractivity (Wildman–Crippen MR) is 142 cm³/mol. The Labute approximate surface area is 211 Å². The highest BCUT2D eigenvalue weighted by Gasteiger charge is 2.38. The maximum Gasteiger partial charge on any atom is 0.191 e. The topological polar surface area (TPSA) is 61.4 Å². The van der Waals surface area contributed by atoms with Crippen LogP contribution in [0.15, 0.2) is 29.3 Å². The molecule has 1 aliphatic heterocycles. The van der Waals surface area contributed by atoms with Gasteiger partial charge in [-0.2, -0.15) is 0 Å². The molecule has 1 aromatic carbocycles. The average Bonchev–Trinajstić information content (AvgIpc) is 2.82. The number of aliphatic imine (C=N–C) groups is 1. The van der Waals surface area contributed by atoms with Gasteiger partial charge in [-0.1, -0.05) is 31.4 Å². The molecule has 1 unspecified atom stereocenters. The van der Waals surface area contributed by atoms with Crippen molar-refractivity contribution in [2.24, 2.45) is 4.99 Å². The van der Waals surface area contributed by atoms with E-state index < -0.39 is 0 Å². The van der Waals surface area contributed by atoms with E-state index in [-0.39, 0.29) is 35.6 Å². The van der Waals surface area contributed by atoms with Crippen molar-refractivity contribution >= 4 is 29.9 Å². The van der Waals surface area contributed by atoms with Crippen molar-refractivity contribution in [3.05, 3.63) is 29.8 Å². The van der Waals surface area contributed by atoms with Gasteiger partial charge in [-0.05, 0) is 44.6 Å². The van der Waals surface area contributed by atoms with Crippen molar-refractivity contribution in [1.82, 2.24) is 20.4 Å². The SMILES string of the molecule is CN=C(NCC(c1ccc(OC)cc1)N(C)C)NCC1(N2CCOCC2)CCCCC1.I. The van der Waals surface area contributed by atoms with E-state index in [9.17, 15) is 0 Å². The Morgan fingerprint density at radius 1 is 1.12 bits per heavy atom. The first-order valence-electron chi connectivity index (χ1n) is 11.7. The van der Waals surface area contributed by atoms with Crippen LogP contribution in [0.5, 0.6) is 5.75 Å². The first-order chi connectivity index (χ1) is 15.1. The molecule has 7 nitrogen and oxygen atoms in total. The van der Waals surface area contributed by atoms with E-state index in [4.69, 9.17) is 9.47 Å². The van der Waals surface area contributed by atoms with E-state index >= 15 is 0 Å². The largest absolute Gasteiger partial charge is 0.497 e. The second-order valence-electron chi connectivity index (χ2n) is 8.94. The maximum absolute atomic E-state index is 5.62. The molecule has 32 heavy (non-hydrogen) atoms. The summed E-state index contributed by atoms with van der Waals surface area (Å²) in [6, 6.07) is 8.56.